The number of rotatable bonds is 6. The van der Waals surface area contributed by atoms with Gasteiger partial charge in [-0.2, -0.15) is 0 Å². The van der Waals surface area contributed by atoms with Crippen LogP contribution in [0.15, 0.2) is 58.3 Å². The third-order valence-electron chi connectivity index (χ3n) is 3.88. The zero-order valence-corrected chi connectivity index (χ0v) is 15.9. The summed E-state index contributed by atoms with van der Waals surface area (Å²) >= 11 is 0. The minimum Gasteiger partial charge on any atom is -0.225 e. The van der Waals surface area contributed by atoms with E-state index >= 15 is 0 Å². The first kappa shape index (κ1) is 19.6. The molecule has 1 unspecified atom stereocenters. The summed E-state index contributed by atoms with van der Waals surface area (Å²) in [5.74, 6) is 0.310. The second-order valence-electron chi connectivity index (χ2n) is 6.18. The number of benzene rings is 2. The Bertz CT molecular complexity index is 950. The number of primary sulfonamides is 1. The van der Waals surface area contributed by atoms with Crippen molar-refractivity contribution in [3.8, 4) is 0 Å². The molecular weight excluding hydrogens is 360 g/mol. The average molecular weight is 383 g/mol. The predicted octanol–water partition coefficient (Wildman–Crippen LogP) is 2.50. The summed E-state index contributed by atoms with van der Waals surface area (Å²) in [7, 11) is -7.57. The Balaban J connectivity index is 2.25. The molecule has 0 saturated carbocycles. The monoisotopic (exact) mass is 382 g/mol. The zero-order chi connectivity index (χ0) is 18.8. The lowest BCUT2D eigenvalue weighted by Gasteiger charge is -2.16. The summed E-state index contributed by atoms with van der Waals surface area (Å²) in [5, 5.41) is 5.12. The van der Waals surface area contributed by atoms with Crippen LogP contribution in [0, 0.1) is 0 Å². The maximum absolute atomic E-state index is 12.5. The fourth-order valence-electron chi connectivity index (χ4n) is 2.36. The lowest BCUT2D eigenvalue weighted by Crippen LogP contribution is -2.27. The van der Waals surface area contributed by atoms with Gasteiger partial charge in [0.1, 0.15) is 0 Å². The maximum atomic E-state index is 12.5. The average Bonchev–Trinajstić information content (AvgIpc) is 2.54. The molecule has 0 radical (unpaired) electrons. The smallest absolute Gasteiger partial charge is 0.225 e. The fourth-order valence-corrected chi connectivity index (χ4v) is 4.16. The van der Waals surface area contributed by atoms with E-state index in [1.54, 1.807) is 37.3 Å². The molecule has 0 saturated heterocycles. The Morgan fingerprint density at radius 2 is 1.44 bits per heavy atom. The summed E-state index contributed by atoms with van der Waals surface area (Å²) in [6.07, 6.45) is 0. The van der Waals surface area contributed by atoms with E-state index in [0.29, 0.717) is 11.5 Å². The van der Waals surface area contributed by atoms with E-state index in [1.165, 1.54) is 18.2 Å². The molecule has 0 fully saturated rings. The first-order valence-electron chi connectivity index (χ1n) is 7.76. The van der Waals surface area contributed by atoms with Crippen LogP contribution in [0.25, 0.3) is 0 Å². The second kappa shape index (κ2) is 7.25. The quantitative estimate of drug-likeness (QED) is 0.800. The Kier molecular flexibility index (Phi) is 5.68. The minimum absolute atomic E-state index is 0.0580. The molecule has 0 aliphatic rings. The van der Waals surface area contributed by atoms with Crippen molar-refractivity contribution in [2.24, 2.45) is 5.14 Å². The van der Waals surface area contributed by atoms with E-state index in [9.17, 15) is 16.8 Å². The molecule has 2 aromatic rings. The Morgan fingerprint density at radius 3 is 1.96 bits per heavy atom. The fraction of sp³-hybridized carbons (Fsp3) is 0.294. The van der Waals surface area contributed by atoms with Crippen molar-refractivity contribution in [2.45, 2.75) is 42.5 Å². The van der Waals surface area contributed by atoms with Crippen molar-refractivity contribution in [1.29, 1.82) is 0 Å². The first-order chi connectivity index (χ1) is 11.5. The van der Waals surface area contributed by atoms with Gasteiger partial charge in [0.05, 0.1) is 9.79 Å². The molecule has 0 heterocycles. The van der Waals surface area contributed by atoms with Crippen LogP contribution in [0.4, 0.5) is 0 Å². The van der Waals surface area contributed by atoms with E-state index in [1.807, 2.05) is 13.8 Å². The lowest BCUT2D eigenvalue weighted by atomic mass is 10.0. The highest BCUT2D eigenvalue weighted by atomic mass is 32.2. The molecule has 0 bridgehead atoms. The van der Waals surface area contributed by atoms with Crippen LogP contribution in [-0.4, -0.2) is 16.8 Å². The van der Waals surface area contributed by atoms with Gasteiger partial charge in [0.2, 0.25) is 20.0 Å². The molecule has 0 spiro atoms. The van der Waals surface area contributed by atoms with Gasteiger partial charge in [0.25, 0.3) is 0 Å². The van der Waals surface area contributed by atoms with Crippen LogP contribution < -0.4 is 9.86 Å². The van der Waals surface area contributed by atoms with E-state index in [-0.39, 0.29) is 9.79 Å². The van der Waals surface area contributed by atoms with Gasteiger partial charge in [-0.25, -0.2) is 26.7 Å². The van der Waals surface area contributed by atoms with Gasteiger partial charge in [-0.15, -0.1) is 0 Å². The third-order valence-corrected chi connectivity index (χ3v) is 6.34. The van der Waals surface area contributed by atoms with E-state index in [0.717, 1.165) is 5.56 Å². The second-order valence-corrected chi connectivity index (χ2v) is 9.46. The molecule has 2 aromatic carbocycles. The van der Waals surface area contributed by atoms with Crippen molar-refractivity contribution in [3.05, 3.63) is 59.7 Å². The third kappa shape index (κ3) is 4.88. The molecule has 2 rings (SSSR count). The van der Waals surface area contributed by atoms with Gasteiger partial charge in [-0.1, -0.05) is 38.1 Å². The molecule has 25 heavy (non-hydrogen) atoms. The lowest BCUT2D eigenvalue weighted by molar-refractivity contribution is 0.566. The molecule has 0 amide bonds. The molecule has 0 aromatic heterocycles. The molecule has 6 nitrogen and oxygen atoms in total. The van der Waals surface area contributed by atoms with Gasteiger partial charge < -0.3 is 0 Å². The summed E-state index contributed by atoms with van der Waals surface area (Å²) < 4.78 is 50.5. The molecule has 0 aliphatic heterocycles. The molecule has 0 aliphatic carbocycles. The van der Waals surface area contributed by atoms with Gasteiger partial charge in [0, 0.05) is 6.04 Å². The van der Waals surface area contributed by atoms with Gasteiger partial charge in [0.15, 0.2) is 0 Å². The largest absolute Gasteiger partial charge is 0.241 e. The number of hydrogen-bond acceptors (Lipinski definition) is 4. The molecule has 1 atom stereocenters. The Labute approximate surface area is 149 Å². The normalized spacial score (nSPS) is 13.8. The van der Waals surface area contributed by atoms with Gasteiger partial charge >= 0.3 is 0 Å². The number of hydrogen-bond donors (Lipinski definition) is 2. The van der Waals surface area contributed by atoms with Crippen molar-refractivity contribution in [3.63, 3.8) is 0 Å². The molecular formula is C17H22N2O4S2. The number of nitrogens with two attached hydrogens (primary N) is 1. The van der Waals surface area contributed by atoms with Crippen LogP contribution in [0.2, 0.25) is 0 Å². The predicted molar refractivity (Wildman–Crippen MR) is 97.1 cm³/mol. The van der Waals surface area contributed by atoms with Crippen molar-refractivity contribution >= 4 is 20.0 Å². The first-order valence-corrected chi connectivity index (χ1v) is 10.8. The van der Waals surface area contributed by atoms with Crippen LogP contribution >= 0.6 is 0 Å². The summed E-state index contributed by atoms with van der Waals surface area (Å²) in [6.45, 7) is 5.70. The molecule has 8 heteroatoms. The Morgan fingerprint density at radius 1 is 0.840 bits per heavy atom. The highest BCUT2D eigenvalue weighted by molar-refractivity contribution is 7.89. The van der Waals surface area contributed by atoms with Crippen LogP contribution in [0.5, 0.6) is 0 Å². The Hall–Kier alpha value is -1.74. The summed E-state index contributed by atoms with van der Waals surface area (Å²) in [6, 6.07) is 12.0. The standard InChI is InChI=1S/C17H22N2O4S2/c1-12(2)14-7-9-16(10-8-14)25(22,23)19-13(3)15-5-4-6-17(11-15)24(18,20)21/h4-13,19H,1-3H3,(H2,18,20,21). The number of sulfonamides is 2. The number of nitrogens with one attached hydrogen (secondary N) is 1. The van der Waals surface area contributed by atoms with Crippen molar-refractivity contribution in [1.82, 2.24) is 4.72 Å². The van der Waals surface area contributed by atoms with Gasteiger partial charge in [-0.3, -0.25) is 0 Å². The van der Waals surface area contributed by atoms with E-state index in [2.05, 4.69) is 4.72 Å². The van der Waals surface area contributed by atoms with E-state index < -0.39 is 26.1 Å². The minimum atomic E-state index is -3.84. The van der Waals surface area contributed by atoms with Crippen molar-refractivity contribution in [2.75, 3.05) is 0 Å². The van der Waals surface area contributed by atoms with E-state index in [4.69, 9.17) is 5.14 Å². The SMILES string of the molecule is CC(C)c1ccc(S(=O)(=O)NC(C)c2cccc(S(N)(=O)=O)c2)cc1. The topological polar surface area (TPSA) is 106 Å². The van der Waals surface area contributed by atoms with Crippen molar-refractivity contribution < 1.29 is 16.8 Å². The summed E-state index contributed by atoms with van der Waals surface area (Å²) in [4.78, 5) is 0.101. The van der Waals surface area contributed by atoms with Crippen LogP contribution in [0.1, 0.15) is 43.9 Å². The summed E-state index contributed by atoms with van der Waals surface area (Å²) in [5.41, 5.74) is 1.56. The highest BCUT2D eigenvalue weighted by Gasteiger charge is 2.19. The van der Waals surface area contributed by atoms with Crippen LogP contribution in [0.3, 0.4) is 0 Å². The van der Waals surface area contributed by atoms with Crippen LogP contribution in [-0.2, 0) is 20.0 Å². The highest BCUT2D eigenvalue weighted by Crippen LogP contribution is 2.21. The van der Waals surface area contributed by atoms with Gasteiger partial charge in [-0.05, 0) is 48.2 Å². The zero-order valence-electron chi connectivity index (χ0n) is 14.3. The molecule has 136 valence electrons. The maximum Gasteiger partial charge on any atom is 0.241 e. The molecule has 3 N–H and O–H groups in total.